The SMILES string of the molecule is CC1(C)OCC(CC/C(C#N)=C/O)O1. The van der Waals surface area contributed by atoms with Gasteiger partial charge < -0.3 is 14.6 Å². The summed E-state index contributed by atoms with van der Waals surface area (Å²) in [6.45, 7) is 4.28. The van der Waals surface area contributed by atoms with Gasteiger partial charge in [-0.15, -0.1) is 0 Å². The van der Waals surface area contributed by atoms with E-state index < -0.39 is 5.79 Å². The van der Waals surface area contributed by atoms with Crippen molar-refractivity contribution in [3.8, 4) is 6.07 Å². The Hall–Kier alpha value is -1.05. The van der Waals surface area contributed by atoms with Gasteiger partial charge in [-0.05, 0) is 26.7 Å². The molecule has 1 heterocycles. The van der Waals surface area contributed by atoms with E-state index in [4.69, 9.17) is 19.8 Å². The summed E-state index contributed by atoms with van der Waals surface area (Å²) in [5.41, 5.74) is 0.373. The van der Waals surface area contributed by atoms with E-state index in [-0.39, 0.29) is 6.10 Å². The highest BCUT2D eigenvalue weighted by Crippen LogP contribution is 2.25. The van der Waals surface area contributed by atoms with Gasteiger partial charge in [0.2, 0.25) is 0 Å². The number of allylic oxidation sites excluding steroid dienone is 1. The summed E-state index contributed by atoms with van der Waals surface area (Å²) in [6, 6.07) is 1.91. The molecule has 1 rings (SSSR count). The molecule has 1 atom stereocenters. The molecule has 0 aromatic carbocycles. The van der Waals surface area contributed by atoms with E-state index >= 15 is 0 Å². The number of aliphatic hydroxyl groups excluding tert-OH is 1. The zero-order valence-electron chi connectivity index (χ0n) is 8.49. The quantitative estimate of drug-likeness (QED) is 0.554. The molecule has 0 aromatic rings. The van der Waals surface area contributed by atoms with Crippen LogP contribution in [0.3, 0.4) is 0 Å². The van der Waals surface area contributed by atoms with Gasteiger partial charge in [0.15, 0.2) is 5.79 Å². The molecule has 1 fully saturated rings. The Bertz CT molecular complexity index is 265. The molecule has 0 bridgehead atoms. The Morgan fingerprint density at radius 2 is 2.43 bits per heavy atom. The summed E-state index contributed by atoms with van der Waals surface area (Å²) < 4.78 is 10.9. The van der Waals surface area contributed by atoms with Crippen molar-refractivity contribution < 1.29 is 14.6 Å². The van der Waals surface area contributed by atoms with Crippen molar-refractivity contribution >= 4 is 0 Å². The second-order valence-electron chi connectivity index (χ2n) is 3.76. The lowest BCUT2D eigenvalue weighted by atomic mass is 10.1. The molecule has 0 aliphatic carbocycles. The van der Waals surface area contributed by atoms with Crippen molar-refractivity contribution in [2.45, 2.75) is 38.6 Å². The Morgan fingerprint density at radius 1 is 1.71 bits per heavy atom. The predicted octanol–water partition coefficient (Wildman–Crippen LogP) is 1.88. The normalized spacial score (nSPS) is 26.1. The van der Waals surface area contributed by atoms with Gasteiger partial charge in [0.25, 0.3) is 0 Å². The van der Waals surface area contributed by atoms with Crippen LogP contribution in [0.4, 0.5) is 0 Å². The van der Waals surface area contributed by atoms with Crippen molar-refractivity contribution in [3.05, 3.63) is 11.8 Å². The summed E-state index contributed by atoms with van der Waals surface area (Å²) in [5, 5.41) is 17.2. The third-order valence-electron chi connectivity index (χ3n) is 2.10. The van der Waals surface area contributed by atoms with Crippen LogP contribution >= 0.6 is 0 Å². The van der Waals surface area contributed by atoms with Crippen LogP contribution in [-0.2, 0) is 9.47 Å². The first kappa shape index (κ1) is 11.0. The van der Waals surface area contributed by atoms with E-state index in [9.17, 15) is 0 Å². The molecule has 1 aliphatic heterocycles. The maximum absolute atomic E-state index is 8.65. The molecule has 1 unspecified atom stereocenters. The molecular weight excluding hydrogens is 182 g/mol. The van der Waals surface area contributed by atoms with Gasteiger partial charge in [0.1, 0.15) is 0 Å². The average molecular weight is 197 g/mol. The largest absolute Gasteiger partial charge is 0.515 e. The fraction of sp³-hybridized carbons (Fsp3) is 0.700. The molecule has 1 aliphatic rings. The number of ether oxygens (including phenoxy) is 2. The van der Waals surface area contributed by atoms with Crippen LogP contribution in [0.2, 0.25) is 0 Å². The van der Waals surface area contributed by atoms with Gasteiger partial charge in [-0.2, -0.15) is 5.26 Å². The molecule has 78 valence electrons. The van der Waals surface area contributed by atoms with Crippen molar-refractivity contribution in [3.63, 3.8) is 0 Å². The second kappa shape index (κ2) is 4.45. The molecule has 0 radical (unpaired) electrons. The molecule has 4 heteroatoms. The predicted molar refractivity (Wildman–Crippen MR) is 50.5 cm³/mol. The summed E-state index contributed by atoms with van der Waals surface area (Å²) in [7, 11) is 0. The van der Waals surface area contributed by atoms with Crippen LogP contribution in [0.25, 0.3) is 0 Å². The fourth-order valence-corrected chi connectivity index (χ4v) is 1.37. The molecule has 1 N–H and O–H groups in total. The summed E-state index contributed by atoms with van der Waals surface area (Å²) in [5.74, 6) is -0.513. The number of nitriles is 1. The third kappa shape index (κ3) is 3.02. The zero-order chi connectivity index (χ0) is 10.6. The smallest absolute Gasteiger partial charge is 0.163 e. The lowest BCUT2D eigenvalue weighted by Crippen LogP contribution is -2.21. The van der Waals surface area contributed by atoms with Crippen molar-refractivity contribution in [2.75, 3.05) is 6.61 Å². The van der Waals surface area contributed by atoms with Gasteiger partial charge in [0, 0.05) is 0 Å². The van der Waals surface area contributed by atoms with Gasteiger partial charge in [-0.25, -0.2) is 0 Å². The Balaban J connectivity index is 2.31. The first-order chi connectivity index (χ1) is 6.57. The monoisotopic (exact) mass is 197 g/mol. The summed E-state index contributed by atoms with van der Waals surface area (Å²) >= 11 is 0. The van der Waals surface area contributed by atoms with E-state index in [2.05, 4.69) is 0 Å². The van der Waals surface area contributed by atoms with Crippen molar-refractivity contribution in [2.24, 2.45) is 0 Å². The minimum Gasteiger partial charge on any atom is -0.515 e. The van der Waals surface area contributed by atoms with E-state index in [1.165, 1.54) is 0 Å². The lowest BCUT2D eigenvalue weighted by molar-refractivity contribution is -0.138. The highest BCUT2D eigenvalue weighted by Gasteiger charge is 2.32. The standard InChI is InChI=1S/C10H15NO3/c1-10(2)13-7-9(14-10)4-3-8(5-11)6-12/h6,9,12H,3-4,7H2,1-2H3/b8-6-. The number of hydrogen-bond donors (Lipinski definition) is 1. The van der Waals surface area contributed by atoms with Crippen LogP contribution < -0.4 is 0 Å². The van der Waals surface area contributed by atoms with Crippen LogP contribution in [0.15, 0.2) is 11.8 Å². The first-order valence-corrected chi connectivity index (χ1v) is 4.62. The summed E-state index contributed by atoms with van der Waals surface area (Å²) in [4.78, 5) is 0. The molecule has 14 heavy (non-hydrogen) atoms. The highest BCUT2D eigenvalue weighted by atomic mass is 16.7. The second-order valence-corrected chi connectivity index (χ2v) is 3.76. The van der Waals surface area contributed by atoms with Gasteiger partial charge >= 0.3 is 0 Å². The average Bonchev–Trinajstić information content (AvgIpc) is 2.47. The van der Waals surface area contributed by atoms with Crippen LogP contribution in [0.1, 0.15) is 26.7 Å². The van der Waals surface area contributed by atoms with Crippen molar-refractivity contribution in [1.82, 2.24) is 0 Å². The molecule has 4 nitrogen and oxygen atoms in total. The maximum Gasteiger partial charge on any atom is 0.163 e. The lowest BCUT2D eigenvalue weighted by Gasteiger charge is -2.16. The van der Waals surface area contributed by atoms with Crippen LogP contribution in [0, 0.1) is 11.3 Å². The number of rotatable bonds is 3. The highest BCUT2D eigenvalue weighted by molar-refractivity contribution is 5.17. The molecule has 1 saturated heterocycles. The van der Waals surface area contributed by atoms with E-state index in [0.29, 0.717) is 25.0 Å². The fourth-order valence-electron chi connectivity index (χ4n) is 1.37. The number of hydrogen-bond acceptors (Lipinski definition) is 4. The molecule has 0 saturated carbocycles. The maximum atomic E-state index is 8.65. The summed E-state index contributed by atoms with van der Waals surface area (Å²) in [6.07, 6.45) is 2.09. The Kier molecular flexibility index (Phi) is 3.50. The zero-order valence-corrected chi connectivity index (χ0v) is 8.49. The topological polar surface area (TPSA) is 62.5 Å². The van der Waals surface area contributed by atoms with Gasteiger partial charge in [-0.1, -0.05) is 0 Å². The minimum absolute atomic E-state index is 0.0216. The van der Waals surface area contributed by atoms with Gasteiger partial charge in [-0.3, -0.25) is 0 Å². The number of nitrogens with zero attached hydrogens (tertiary/aromatic N) is 1. The van der Waals surface area contributed by atoms with Gasteiger partial charge in [0.05, 0.1) is 30.6 Å². The van der Waals surface area contributed by atoms with Crippen LogP contribution in [-0.4, -0.2) is 23.6 Å². The Labute approximate surface area is 83.7 Å². The molecule has 0 spiro atoms. The third-order valence-corrected chi connectivity index (χ3v) is 2.10. The minimum atomic E-state index is -0.513. The molecule has 0 amide bonds. The van der Waals surface area contributed by atoms with E-state index in [0.717, 1.165) is 6.26 Å². The first-order valence-electron chi connectivity index (χ1n) is 4.62. The van der Waals surface area contributed by atoms with E-state index in [1.807, 2.05) is 19.9 Å². The van der Waals surface area contributed by atoms with E-state index in [1.54, 1.807) is 0 Å². The molecular formula is C10H15NO3. The number of aliphatic hydroxyl groups is 1. The van der Waals surface area contributed by atoms with Crippen molar-refractivity contribution in [1.29, 1.82) is 5.26 Å². The van der Waals surface area contributed by atoms with Crippen LogP contribution in [0.5, 0.6) is 0 Å². The molecule has 0 aromatic heterocycles. The Morgan fingerprint density at radius 3 is 2.86 bits per heavy atom.